The Morgan fingerprint density at radius 3 is 1.64 bits per heavy atom. The summed E-state index contributed by atoms with van der Waals surface area (Å²) in [5.41, 5.74) is 5.47. The number of nitrogens with zero attached hydrogens (tertiary/aromatic N) is 3. The molecule has 3 aromatic carbocycles. The first kappa shape index (κ1) is 21.7. The van der Waals surface area contributed by atoms with Crippen LogP contribution in [0.2, 0.25) is 0 Å². The second kappa shape index (κ2) is 8.34. The van der Waals surface area contributed by atoms with E-state index in [1.807, 2.05) is 6.20 Å². The van der Waals surface area contributed by atoms with Gasteiger partial charge in [0.25, 0.3) is 0 Å². The van der Waals surface area contributed by atoms with Crippen molar-refractivity contribution in [3.8, 4) is 0 Å². The molecule has 0 saturated heterocycles. The number of hydrogen-bond acceptors (Lipinski definition) is 3. The number of hydrogen-bond donors (Lipinski definition) is 1. The molecule has 4 nitrogen and oxygen atoms in total. The standard InChI is InChI=1S/C28H30GeN4/c1-21-20-30-33-26(25(28(2,3)4)31-32-27(21)33)29(22-14-8-5-9-15-22,23-16-10-6-11-17-23)24-18-12-7-13-19-24/h5-20,26,32H,1-4H3. The van der Waals surface area contributed by atoms with E-state index in [0.29, 0.717) is 0 Å². The summed E-state index contributed by atoms with van der Waals surface area (Å²) in [5, 5.41) is 10.0. The first-order chi connectivity index (χ1) is 15.9. The number of fused-ring (bicyclic) bond motifs is 1. The molecule has 1 unspecified atom stereocenters. The van der Waals surface area contributed by atoms with E-state index >= 15 is 0 Å². The van der Waals surface area contributed by atoms with Gasteiger partial charge in [-0.05, 0) is 0 Å². The fourth-order valence-corrected chi connectivity index (χ4v) is 16.8. The SMILES string of the molecule is Cc1cnn2c1NN=C(C(C)(C)C)[CH]2[Ge]([c]1ccccc1)([c]1ccccc1)[c]1ccccc1. The molecule has 0 saturated carbocycles. The van der Waals surface area contributed by atoms with Gasteiger partial charge >= 0.3 is 199 Å². The van der Waals surface area contributed by atoms with Gasteiger partial charge in [-0.15, -0.1) is 0 Å². The summed E-state index contributed by atoms with van der Waals surface area (Å²) >= 11 is -3.46. The number of aromatic nitrogens is 2. The van der Waals surface area contributed by atoms with Crippen molar-refractivity contribution in [1.82, 2.24) is 9.78 Å². The van der Waals surface area contributed by atoms with Gasteiger partial charge in [0.2, 0.25) is 0 Å². The van der Waals surface area contributed by atoms with Crippen molar-refractivity contribution in [1.29, 1.82) is 0 Å². The molecule has 0 bridgehead atoms. The maximum atomic E-state index is 5.05. The first-order valence-electron chi connectivity index (χ1n) is 11.5. The Hall–Kier alpha value is -3.12. The minimum atomic E-state index is -3.46. The molecular weight excluding hydrogens is 465 g/mol. The van der Waals surface area contributed by atoms with Crippen LogP contribution in [0.15, 0.2) is 102 Å². The fourth-order valence-electron chi connectivity index (χ4n) is 5.12. The molecule has 1 atom stereocenters. The van der Waals surface area contributed by atoms with Crippen molar-refractivity contribution < 1.29 is 0 Å². The molecule has 33 heavy (non-hydrogen) atoms. The van der Waals surface area contributed by atoms with Crippen LogP contribution in [0, 0.1) is 12.3 Å². The predicted molar refractivity (Wildman–Crippen MR) is 140 cm³/mol. The molecule has 0 radical (unpaired) electrons. The van der Waals surface area contributed by atoms with E-state index in [1.165, 1.54) is 13.2 Å². The third-order valence-electron chi connectivity index (χ3n) is 6.63. The van der Waals surface area contributed by atoms with Crippen LogP contribution in [0.4, 0.5) is 5.82 Å². The van der Waals surface area contributed by atoms with E-state index in [4.69, 9.17) is 10.2 Å². The summed E-state index contributed by atoms with van der Waals surface area (Å²) in [4.78, 5) is 0.0298. The molecular formula is C28H30GeN4. The number of benzene rings is 3. The summed E-state index contributed by atoms with van der Waals surface area (Å²) in [6, 6.07) is 33.3. The van der Waals surface area contributed by atoms with Crippen LogP contribution in [-0.2, 0) is 0 Å². The van der Waals surface area contributed by atoms with Gasteiger partial charge in [-0.25, -0.2) is 0 Å². The molecule has 0 spiro atoms. The molecule has 1 N–H and O–H groups in total. The van der Waals surface area contributed by atoms with Gasteiger partial charge in [0.15, 0.2) is 0 Å². The zero-order valence-corrected chi connectivity index (χ0v) is 21.8. The fraction of sp³-hybridized carbons (Fsp3) is 0.214. The number of anilines is 1. The van der Waals surface area contributed by atoms with E-state index in [-0.39, 0.29) is 10.3 Å². The normalized spacial score (nSPS) is 16.0. The minimum absolute atomic E-state index is 0.0298. The van der Waals surface area contributed by atoms with Gasteiger partial charge in [0.1, 0.15) is 0 Å². The molecule has 0 aliphatic carbocycles. The Morgan fingerprint density at radius 2 is 1.21 bits per heavy atom. The van der Waals surface area contributed by atoms with Crippen molar-refractivity contribution in [2.45, 2.75) is 32.6 Å². The Labute approximate surface area is 198 Å². The van der Waals surface area contributed by atoms with E-state index in [0.717, 1.165) is 17.1 Å². The van der Waals surface area contributed by atoms with Crippen LogP contribution in [0.1, 0.15) is 31.2 Å². The van der Waals surface area contributed by atoms with Gasteiger partial charge in [-0.3, -0.25) is 0 Å². The molecule has 0 fully saturated rings. The van der Waals surface area contributed by atoms with Gasteiger partial charge < -0.3 is 0 Å². The van der Waals surface area contributed by atoms with Gasteiger partial charge in [0.05, 0.1) is 0 Å². The number of rotatable bonds is 4. The van der Waals surface area contributed by atoms with E-state index in [1.54, 1.807) is 0 Å². The molecule has 1 aliphatic heterocycles. The van der Waals surface area contributed by atoms with Crippen LogP contribution in [0.5, 0.6) is 0 Å². The van der Waals surface area contributed by atoms with E-state index in [9.17, 15) is 0 Å². The van der Waals surface area contributed by atoms with Crippen molar-refractivity contribution in [3.05, 3.63) is 103 Å². The predicted octanol–water partition coefficient (Wildman–Crippen LogP) is 4.27. The van der Waals surface area contributed by atoms with Crippen LogP contribution in [-0.4, -0.2) is 28.8 Å². The third-order valence-corrected chi connectivity index (χ3v) is 17.3. The van der Waals surface area contributed by atoms with E-state index in [2.05, 4.69) is 129 Å². The topological polar surface area (TPSA) is 42.2 Å². The van der Waals surface area contributed by atoms with Crippen LogP contribution < -0.4 is 18.6 Å². The summed E-state index contributed by atoms with van der Waals surface area (Å²) in [6.45, 7) is 8.88. The average Bonchev–Trinajstić information content (AvgIpc) is 3.22. The molecule has 4 aromatic rings. The van der Waals surface area contributed by atoms with E-state index < -0.39 is 13.3 Å². The number of hydrazone groups is 1. The van der Waals surface area contributed by atoms with Crippen LogP contribution in [0.25, 0.3) is 0 Å². The molecule has 0 amide bonds. The van der Waals surface area contributed by atoms with Crippen molar-refractivity contribution in [3.63, 3.8) is 0 Å². The molecule has 1 aliphatic rings. The molecule has 5 heteroatoms. The zero-order valence-electron chi connectivity index (χ0n) is 19.7. The van der Waals surface area contributed by atoms with Crippen LogP contribution in [0.3, 0.4) is 0 Å². The number of nitrogens with one attached hydrogen (secondary N) is 1. The van der Waals surface area contributed by atoms with Gasteiger partial charge in [0, 0.05) is 0 Å². The first-order valence-corrected chi connectivity index (χ1v) is 15.8. The number of aryl methyl sites for hydroxylation is 1. The Morgan fingerprint density at radius 1 is 0.758 bits per heavy atom. The van der Waals surface area contributed by atoms with Crippen LogP contribution >= 0.6 is 0 Å². The van der Waals surface area contributed by atoms with Gasteiger partial charge in [-0.2, -0.15) is 0 Å². The Kier molecular flexibility index (Phi) is 5.49. The van der Waals surface area contributed by atoms with Gasteiger partial charge in [-0.1, -0.05) is 0 Å². The summed E-state index contributed by atoms with van der Waals surface area (Å²) < 4.78 is 6.43. The summed E-state index contributed by atoms with van der Waals surface area (Å²) in [7, 11) is 0. The molecule has 2 heterocycles. The summed E-state index contributed by atoms with van der Waals surface area (Å²) in [5.74, 6) is 0.991. The molecule has 1 aromatic heterocycles. The maximum absolute atomic E-state index is 5.05. The van der Waals surface area contributed by atoms with Crippen molar-refractivity contribution in [2.75, 3.05) is 5.43 Å². The second-order valence-electron chi connectivity index (χ2n) is 9.79. The Balaban J connectivity index is 1.95. The average molecular weight is 495 g/mol. The van der Waals surface area contributed by atoms with Crippen molar-refractivity contribution in [2.24, 2.45) is 10.5 Å². The third kappa shape index (κ3) is 3.53. The second-order valence-corrected chi connectivity index (χ2v) is 18.0. The molecule has 166 valence electrons. The monoisotopic (exact) mass is 496 g/mol. The van der Waals surface area contributed by atoms with Crippen molar-refractivity contribution >= 4 is 38.0 Å². The quantitative estimate of drug-likeness (QED) is 0.430. The Bertz CT molecular complexity index is 1180. The molecule has 5 rings (SSSR count). The summed E-state index contributed by atoms with van der Waals surface area (Å²) in [6.07, 6.45) is 1.96. The zero-order chi connectivity index (χ0) is 23.1.